The number of hydrogen-bond acceptors (Lipinski definition) is 4. The monoisotopic (exact) mass is 369 g/mol. The molecule has 0 spiro atoms. The molecule has 0 aliphatic carbocycles. The SMILES string of the molecule is CCCOc1ccc(/C=C2/SC(=S)N(c3cccc(C)c3)C2=O)cc1. The molecule has 3 rings (SSSR count). The number of hydrogen-bond donors (Lipinski definition) is 0. The van der Waals surface area contributed by atoms with Gasteiger partial charge in [0.25, 0.3) is 5.91 Å². The molecule has 1 amide bonds. The fraction of sp³-hybridized carbons (Fsp3) is 0.200. The van der Waals surface area contributed by atoms with Gasteiger partial charge < -0.3 is 4.74 Å². The van der Waals surface area contributed by atoms with Gasteiger partial charge in [0.05, 0.1) is 17.2 Å². The molecule has 1 aliphatic heterocycles. The molecule has 0 N–H and O–H groups in total. The van der Waals surface area contributed by atoms with E-state index in [-0.39, 0.29) is 5.91 Å². The largest absolute Gasteiger partial charge is 0.494 e. The standard InChI is InChI=1S/C20H19NO2S2/c1-3-11-23-17-9-7-15(8-10-17)13-18-19(22)21(20(24)25-18)16-6-4-5-14(2)12-16/h4-10,12-13H,3,11H2,1-2H3/b18-13+. The average Bonchev–Trinajstić information content (AvgIpc) is 2.88. The molecule has 0 bridgehead atoms. The summed E-state index contributed by atoms with van der Waals surface area (Å²) in [5.41, 5.74) is 2.86. The first-order valence-electron chi connectivity index (χ1n) is 8.16. The van der Waals surface area contributed by atoms with Crippen LogP contribution < -0.4 is 9.64 Å². The number of rotatable bonds is 5. The summed E-state index contributed by atoms with van der Waals surface area (Å²) >= 11 is 6.75. The van der Waals surface area contributed by atoms with Crippen molar-refractivity contribution < 1.29 is 9.53 Å². The second kappa shape index (κ2) is 7.85. The molecule has 1 heterocycles. The van der Waals surface area contributed by atoms with Crippen molar-refractivity contribution in [3.63, 3.8) is 0 Å². The number of carbonyl (C=O) groups excluding carboxylic acids is 1. The van der Waals surface area contributed by atoms with E-state index in [0.717, 1.165) is 29.0 Å². The van der Waals surface area contributed by atoms with Gasteiger partial charge in [0, 0.05) is 0 Å². The topological polar surface area (TPSA) is 29.5 Å². The van der Waals surface area contributed by atoms with Crippen molar-refractivity contribution in [2.75, 3.05) is 11.5 Å². The maximum atomic E-state index is 12.8. The summed E-state index contributed by atoms with van der Waals surface area (Å²) in [5.74, 6) is 0.762. The fourth-order valence-electron chi connectivity index (χ4n) is 2.49. The number of benzene rings is 2. The van der Waals surface area contributed by atoms with Gasteiger partial charge in [-0.3, -0.25) is 9.69 Å². The lowest BCUT2D eigenvalue weighted by atomic mass is 10.2. The van der Waals surface area contributed by atoms with Crippen LogP contribution in [-0.2, 0) is 4.79 Å². The summed E-state index contributed by atoms with van der Waals surface area (Å²) in [6, 6.07) is 15.5. The lowest BCUT2D eigenvalue weighted by Crippen LogP contribution is -2.27. The Morgan fingerprint density at radius 3 is 2.64 bits per heavy atom. The van der Waals surface area contributed by atoms with Gasteiger partial charge in [0.2, 0.25) is 0 Å². The van der Waals surface area contributed by atoms with Gasteiger partial charge >= 0.3 is 0 Å². The molecule has 2 aromatic carbocycles. The lowest BCUT2D eigenvalue weighted by molar-refractivity contribution is -0.113. The Labute approximate surface area is 157 Å². The van der Waals surface area contributed by atoms with Gasteiger partial charge in [-0.05, 0) is 54.8 Å². The molecular weight excluding hydrogens is 350 g/mol. The Morgan fingerprint density at radius 1 is 1.20 bits per heavy atom. The van der Waals surface area contributed by atoms with E-state index >= 15 is 0 Å². The highest BCUT2D eigenvalue weighted by Gasteiger charge is 2.33. The van der Waals surface area contributed by atoms with Crippen molar-refractivity contribution in [2.24, 2.45) is 0 Å². The molecule has 3 nitrogen and oxygen atoms in total. The zero-order valence-corrected chi connectivity index (χ0v) is 15.8. The van der Waals surface area contributed by atoms with E-state index in [1.807, 2.05) is 61.5 Å². The van der Waals surface area contributed by atoms with Crippen molar-refractivity contribution >= 4 is 46.0 Å². The Hall–Kier alpha value is -2.11. The minimum absolute atomic E-state index is 0.0769. The van der Waals surface area contributed by atoms with Crippen molar-refractivity contribution in [1.82, 2.24) is 0 Å². The molecule has 1 aliphatic rings. The van der Waals surface area contributed by atoms with Gasteiger partial charge in [-0.1, -0.05) is 55.2 Å². The van der Waals surface area contributed by atoms with Crippen LogP contribution in [0.25, 0.3) is 6.08 Å². The smallest absolute Gasteiger partial charge is 0.270 e. The normalized spacial score (nSPS) is 15.9. The summed E-state index contributed by atoms with van der Waals surface area (Å²) in [7, 11) is 0. The second-order valence-electron chi connectivity index (χ2n) is 5.77. The molecule has 0 radical (unpaired) electrons. The van der Waals surface area contributed by atoms with Crippen LogP contribution in [0.3, 0.4) is 0 Å². The Kier molecular flexibility index (Phi) is 5.56. The number of thioether (sulfide) groups is 1. The lowest BCUT2D eigenvalue weighted by Gasteiger charge is -2.14. The van der Waals surface area contributed by atoms with Gasteiger partial charge in [-0.25, -0.2) is 0 Å². The third kappa shape index (κ3) is 4.11. The molecule has 2 aromatic rings. The third-order valence-corrected chi connectivity index (χ3v) is 5.01. The van der Waals surface area contributed by atoms with Crippen LogP contribution in [-0.4, -0.2) is 16.8 Å². The average molecular weight is 370 g/mol. The maximum Gasteiger partial charge on any atom is 0.270 e. The van der Waals surface area contributed by atoms with E-state index in [9.17, 15) is 4.79 Å². The number of anilines is 1. The first-order chi connectivity index (χ1) is 12.1. The highest BCUT2D eigenvalue weighted by Crippen LogP contribution is 2.36. The van der Waals surface area contributed by atoms with Gasteiger partial charge in [0.1, 0.15) is 5.75 Å². The van der Waals surface area contributed by atoms with E-state index < -0.39 is 0 Å². The molecule has 0 aromatic heterocycles. The van der Waals surface area contributed by atoms with E-state index in [1.165, 1.54) is 11.8 Å². The first-order valence-corrected chi connectivity index (χ1v) is 9.38. The van der Waals surface area contributed by atoms with E-state index in [2.05, 4.69) is 6.92 Å². The van der Waals surface area contributed by atoms with Crippen molar-refractivity contribution in [3.05, 3.63) is 64.6 Å². The minimum atomic E-state index is -0.0769. The van der Waals surface area contributed by atoms with Crippen LogP contribution >= 0.6 is 24.0 Å². The predicted molar refractivity (Wildman–Crippen MR) is 109 cm³/mol. The van der Waals surface area contributed by atoms with Crippen LogP contribution in [0.15, 0.2) is 53.4 Å². The van der Waals surface area contributed by atoms with E-state index in [0.29, 0.717) is 15.8 Å². The number of thiocarbonyl (C=S) groups is 1. The quantitative estimate of drug-likeness (QED) is 0.536. The number of amides is 1. The van der Waals surface area contributed by atoms with E-state index in [4.69, 9.17) is 17.0 Å². The summed E-state index contributed by atoms with van der Waals surface area (Å²) in [4.78, 5) is 15.0. The summed E-state index contributed by atoms with van der Waals surface area (Å²) in [6.07, 6.45) is 2.85. The van der Waals surface area contributed by atoms with Crippen LogP contribution in [0.5, 0.6) is 5.75 Å². The van der Waals surface area contributed by atoms with Crippen LogP contribution in [0.1, 0.15) is 24.5 Å². The molecule has 25 heavy (non-hydrogen) atoms. The Morgan fingerprint density at radius 2 is 1.96 bits per heavy atom. The molecule has 0 saturated carbocycles. The highest BCUT2D eigenvalue weighted by molar-refractivity contribution is 8.27. The highest BCUT2D eigenvalue weighted by atomic mass is 32.2. The zero-order valence-electron chi connectivity index (χ0n) is 14.2. The Balaban J connectivity index is 1.80. The molecule has 5 heteroatoms. The number of ether oxygens (including phenoxy) is 1. The Bertz CT molecular complexity index is 828. The second-order valence-corrected chi connectivity index (χ2v) is 7.45. The van der Waals surface area contributed by atoms with Crippen molar-refractivity contribution in [1.29, 1.82) is 0 Å². The number of nitrogens with zero attached hydrogens (tertiary/aromatic N) is 1. The molecule has 128 valence electrons. The van der Waals surface area contributed by atoms with Crippen LogP contribution in [0.4, 0.5) is 5.69 Å². The predicted octanol–water partition coefficient (Wildman–Crippen LogP) is 5.19. The van der Waals surface area contributed by atoms with Crippen LogP contribution in [0, 0.1) is 6.92 Å². The van der Waals surface area contributed by atoms with Gasteiger partial charge in [-0.15, -0.1) is 0 Å². The molecule has 0 unspecified atom stereocenters. The van der Waals surface area contributed by atoms with Gasteiger partial charge in [0.15, 0.2) is 4.32 Å². The van der Waals surface area contributed by atoms with Gasteiger partial charge in [-0.2, -0.15) is 0 Å². The number of aryl methyl sites for hydroxylation is 1. The summed E-state index contributed by atoms with van der Waals surface area (Å²) in [6.45, 7) is 4.78. The molecule has 1 fully saturated rings. The molecular formula is C20H19NO2S2. The van der Waals surface area contributed by atoms with E-state index in [1.54, 1.807) is 4.90 Å². The van der Waals surface area contributed by atoms with Crippen molar-refractivity contribution in [2.45, 2.75) is 20.3 Å². The molecule has 0 atom stereocenters. The number of carbonyl (C=O) groups is 1. The first kappa shape index (κ1) is 17.7. The third-order valence-electron chi connectivity index (χ3n) is 3.70. The minimum Gasteiger partial charge on any atom is -0.494 e. The van der Waals surface area contributed by atoms with Crippen molar-refractivity contribution in [3.8, 4) is 5.75 Å². The molecule has 1 saturated heterocycles. The van der Waals surface area contributed by atoms with Crippen LogP contribution in [0.2, 0.25) is 0 Å². The summed E-state index contributed by atoms with van der Waals surface area (Å²) in [5, 5.41) is 0. The maximum absolute atomic E-state index is 12.8. The zero-order chi connectivity index (χ0) is 17.8. The fourth-order valence-corrected chi connectivity index (χ4v) is 3.79. The summed E-state index contributed by atoms with van der Waals surface area (Å²) < 4.78 is 6.14.